The fourth-order valence-corrected chi connectivity index (χ4v) is 1.60. The molecule has 0 saturated carbocycles. The molecule has 1 aliphatic rings. The van der Waals surface area contributed by atoms with Gasteiger partial charge in [-0.1, -0.05) is 35.3 Å². The van der Waals surface area contributed by atoms with Crippen molar-refractivity contribution < 1.29 is 0 Å². The summed E-state index contributed by atoms with van der Waals surface area (Å²) in [6.07, 6.45) is 3.53. The van der Waals surface area contributed by atoms with Gasteiger partial charge in [0.15, 0.2) is 0 Å². The van der Waals surface area contributed by atoms with Crippen LogP contribution in [0.2, 0.25) is 10.0 Å². The molecule has 1 atom stereocenters. The zero-order chi connectivity index (χ0) is 9.26. The van der Waals surface area contributed by atoms with Crippen molar-refractivity contribution in [2.75, 3.05) is 0 Å². The molecule has 0 amide bonds. The molecule has 13 heavy (non-hydrogen) atoms. The molecule has 66 valence electrons. The Balaban J connectivity index is 2.45. The van der Waals surface area contributed by atoms with Gasteiger partial charge in [0, 0.05) is 11.8 Å². The standard InChI is InChI=1S/C9H6Cl2N2/c10-7-3-1-2-6(9(7)11)8-4-5-12-13-8/h1-5,8H. The number of halogens is 2. The van der Waals surface area contributed by atoms with Crippen molar-refractivity contribution in [3.63, 3.8) is 0 Å². The van der Waals surface area contributed by atoms with Crippen molar-refractivity contribution in [1.29, 1.82) is 0 Å². The third-order valence-corrected chi connectivity index (χ3v) is 2.66. The van der Waals surface area contributed by atoms with E-state index in [0.29, 0.717) is 10.0 Å². The van der Waals surface area contributed by atoms with Crippen molar-refractivity contribution in [1.82, 2.24) is 0 Å². The molecule has 0 saturated heterocycles. The highest BCUT2D eigenvalue weighted by atomic mass is 35.5. The smallest absolute Gasteiger partial charge is 0.118 e. The highest BCUT2D eigenvalue weighted by molar-refractivity contribution is 6.42. The second-order valence-corrected chi connectivity index (χ2v) is 3.45. The summed E-state index contributed by atoms with van der Waals surface area (Å²) in [4.78, 5) is 0. The van der Waals surface area contributed by atoms with Gasteiger partial charge in [-0.3, -0.25) is 0 Å². The average Bonchev–Trinajstić information content (AvgIpc) is 2.62. The minimum absolute atomic E-state index is 0.0776. The highest BCUT2D eigenvalue weighted by Gasteiger charge is 2.14. The van der Waals surface area contributed by atoms with Crippen LogP contribution in [0.3, 0.4) is 0 Å². The summed E-state index contributed by atoms with van der Waals surface area (Å²) in [5.74, 6) is 0. The van der Waals surface area contributed by atoms with Crippen molar-refractivity contribution >= 4 is 23.2 Å². The van der Waals surface area contributed by atoms with Crippen LogP contribution >= 0.6 is 23.2 Å². The second-order valence-electron chi connectivity index (χ2n) is 2.66. The number of benzene rings is 1. The molecule has 1 heterocycles. The van der Waals surface area contributed by atoms with Gasteiger partial charge in [-0.2, -0.15) is 10.2 Å². The molecule has 4 heteroatoms. The zero-order valence-corrected chi connectivity index (χ0v) is 8.13. The highest BCUT2D eigenvalue weighted by Crippen LogP contribution is 2.33. The van der Waals surface area contributed by atoms with Crippen LogP contribution in [-0.4, -0.2) is 0 Å². The fourth-order valence-electron chi connectivity index (χ4n) is 1.18. The van der Waals surface area contributed by atoms with Crippen LogP contribution in [0.15, 0.2) is 40.7 Å². The minimum Gasteiger partial charge on any atom is -0.177 e. The van der Waals surface area contributed by atoms with Crippen LogP contribution < -0.4 is 0 Å². The van der Waals surface area contributed by atoms with E-state index in [-0.39, 0.29) is 6.04 Å². The van der Waals surface area contributed by atoms with Gasteiger partial charge in [0.1, 0.15) is 6.04 Å². The van der Waals surface area contributed by atoms with Gasteiger partial charge in [-0.15, -0.1) is 0 Å². The van der Waals surface area contributed by atoms with Crippen molar-refractivity contribution in [3.8, 4) is 0 Å². The Kier molecular flexibility index (Phi) is 2.34. The summed E-state index contributed by atoms with van der Waals surface area (Å²) in [6, 6.07) is 5.42. The average molecular weight is 213 g/mol. The maximum absolute atomic E-state index is 6.01. The van der Waals surface area contributed by atoms with Crippen LogP contribution in [0.5, 0.6) is 0 Å². The Labute approximate surface area is 85.9 Å². The first kappa shape index (κ1) is 8.73. The Morgan fingerprint density at radius 3 is 2.77 bits per heavy atom. The van der Waals surface area contributed by atoms with Gasteiger partial charge >= 0.3 is 0 Å². The fraction of sp³-hybridized carbons (Fsp3) is 0.111. The van der Waals surface area contributed by atoms with Gasteiger partial charge in [-0.05, 0) is 12.1 Å². The molecule has 1 aliphatic heterocycles. The normalized spacial score (nSPS) is 19.7. The summed E-state index contributed by atoms with van der Waals surface area (Å²) < 4.78 is 0. The van der Waals surface area contributed by atoms with E-state index in [1.807, 2.05) is 18.2 Å². The molecule has 1 aromatic carbocycles. The lowest BCUT2D eigenvalue weighted by Gasteiger charge is -2.06. The predicted molar refractivity (Wildman–Crippen MR) is 53.2 cm³/mol. The van der Waals surface area contributed by atoms with Crippen LogP contribution in [-0.2, 0) is 0 Å². The van der Waals surface area contributed by atoms with Crippen LogP contribution in [0.25, 0.3) is 0 Å². The zero-order valence-electron chi connectivity index (χ0n) is 6.61. The molecule has 0 aliphatic carbocycles. The molecule has 2 rings (SSSR count). The topological polar surface area (TPSA) is 24.7 Å². The summed E-state index contributed by atoms with van der Waals surface area (Å²) in [7, 11) is 0. The number of azo groups is 1. The molecule has 0 aromatic heterocycles. The Bertz CT molecular complexity index is 373. The number of hydrogen-bond donors (Lipinski definition) is 0. The molecular weight excluding hydrogens is 207 g/mol. The molecular formula is C9H6Cl2N2. The lowest BCUT2D eigenvalue weighted by Crippen LogP contribution is -1.89. The maximum Gasteiger partial charge on any atom is 0.118 e. The van der Waals surface area contributed by atoms with E-state index < -0.39 is 0 Å². The molecule has 0 N–H and O–H groups in total. The van der Waals surface area contributed by atoms with E-state index in [2.05, 4.69) is 10.2 Å². The van der Waals surface area contributed by atoms with Gasteiger partial charge in [0.2, 0.25) is 0 Å². The van der Waals surface area contributed by atoms with Crippen LogP contribution in [0, 0.1) is 0 Å². The summed E-state index contributed by atoms with van der Waals surface area (Å²) in [6.45, 7) is 0. The van der Waals surface area contributed by atoms with Gasteiger partial charge < -0.3 is 0 Å². The molecule has 1 unspecified atom stereocenters. The van der Waals surface area contributed by atoms with Crippen molar-refractivity contribution in [2.45, 2.75) is 6.04 Å². The quantitative estimate of drug-likeness (QED) is 0.673. The maximum atomic E-state index is 6.01. The first-order valence-electron chi connectivity index (χ1n) is 3.79. The van der Waals surface area contributed by atoms with E-state index >= 15 is 0 Å². The third-order valence-electron chi connectivity index (χ3n) is 1.83. The molecule has 0 spiro atoms. The third kappa shape index (κ3) is 1.60. The van der Waals surface area contributed by atoms with Crippen LogP contribution in [0.4, 0.5) is 0 Å². The van der Waals surface area contributed by atoms with Crippen molar-refractivity contribution in [3.05, 3.63) is 46.1 Å². The van der Waals surface area contributed by atoms with E-state index in [0.717, 1.165) is 5.56 Å². The first-order valence-corrected chi connectivity index (χ1v) is 4.55. The van der Waals surface area contributed by atoms with E-state index in [9.17, 15) is 0 Å². The van der Waals surface area contributed by atoms with Gasteiger partial charge in [0.25, 0.3) is 0 Å². The largest absolute Gasteiger partial charge is 0.177 e. The predicted octanol–water partition coefficient (Wildman–Crippen LogP) is 4.01. The Hall–Kier alpha value is -0.860. The van der Waals surface area contributed by atoms with Crippen LogP contribution in [0.1, 0.15) is 11.6 Å². The molecule has 0 radical (unpaired) electrons. The lowest BCUT2D eigenvalue weighted by atomic mass is 10.1. The van der Waals surface area contributed by atoms with Gasteiger partial charge in [-0.25, -0.2) is 0 Å². The molecule has 0 fully saturated rings. The van der Waals surface area contributed by atoms with E-state index in [4.69, 9.17) is 23.2 Å². The summed E-state index contributed by atoms with van der Waals surface area (Å²) in [5.41, 5.74) is 0.895. The first-order chi connectivity index (χ1) is 6.29. The molecule has 1 aromatic rings. The van der Waals surface area contributed by atoms with Crippen molar-refractivity contribution in [2.24, 2.45) is 10.2 Å². The Morgan fingerprint density at radius 2 is 2.08 bits per heavy atom. The number of nitrogens with zero attached hydrogens (tertiary/aromatic N) is 2. The second kappa shape index (κ2) is 3.48. The summed E-state index contributed by atoms with van der Waals surface area (Å²) >= 11 is 11.9. The SMILES string of the molecule is Clc1cccc(C2C=CN=N2)c1Cl. The minimum atomic E-state index is -0.0776. The lowest BCUT2D eigenvalue weighted by molar-refractivity contribution is 0.881. The molecule has 2 nitrogen and oxygen atoms in total. The van der Waals surface area contributed by atoms with E-state index in [1.54, 1.807) is 12.3 Å². The number of hydrogen-bond acceptors (Lipinski definition) is 2. The van der Waals surface area contributed by atoms with Gasteiger partial charge in [0.05, 0.1) is 10.0 Å². The Morgan fingerprint density at radius 1 is 1.23 bits per heavy atom. The molecule has 0 bridgehead atoms. The summed E-state index contributed by atoms with van der Waals surface area (Å²) in [5, 5.41) is 8.84. The number of rotatable bonds is 1. The monoisotopic (exact) mass is 212 g/mol. The van der Waals surface area contributed by atoms with E-state index in [1.165, 1.54) is 0 Å².